The van der Waals surface area contributed by atoms with Gasteiger partial charge in [0.15, 0.2) is 0 Å². The number of rotatable bonds is 1. The zero-order chi connectivity index (χ0) is 7.56. The van der Waals surface area contributed by atoms with Gasteiger partial charge in [0.1, 0.15) is 0 Å². The largest absolute Gasteiger partial charge is 0.326 e. The van der Waals surface area contributed by atoms with Crippen molar-refractivity contribution in [2.75, 3.05) is 0 Å². The smallest absolute Gasteiger partial charge is 0.0222 e. The fourth-order valence-corrected chi connectivity index (χ4v) is 1.47. The van der Waals surface area contributed by atoms with Crippen LogP contribution in [0.3, 0.4) is 0 Å². The van der Waals surface area contributed by atoms with Crippen molar-refractivity contribution in [3.05, 3.63) is 33.8 Å². The van der Waals surface area contributed by atoms with Gasteiger partial charge in [0, 0.05) is 11.0 Å². The van der Waals surface area contributed by atoms with E-state index < -0.39 is 0 Å². The summed E-state index contributed by atoms with van der Waals surface area (Å²) in [5.74, 6) is 0. The van der Waals surface area contributed by atoms with Crippen molar-refractivity contribution in [1.29, 1.82) is 0 Å². The van der Waals surface area contributed by atoms with Gasteiger partial charge in [-0.25, -0.2) is 0 Å². The lowest BCUT2D eigenvalue weighted by Gasteiger charge is -2.00. The van der Waals surface area contributed by atoms with E-state index in [0.29, 0.717) is 6.54 Å². The van der Waals surface area contributed by atoms with Crippen LogP contribution in [0.5, 0.6) is 0 Å². The van der Waals surface area contributed by atoms with E-state index in [1.165, 1.54) is 5.56 Å². The molecule has 1 nitrogen and oxygen atoms in total. The molecule has 0 spiro atoms. The second-order valence-corrected chi connectivity index (χ2v) is 3.15. The Morgan fingerprint density at radius 1 is 1.50 bits per heavy atom. The average molecular weight is 200 g/mol. The molecule has 0 saturated carbocycles. The molecule has 0 fully saturated rings. The molecule has 0 aliphatic carbocycles. The molecular formula is C8H10BrN. The fraction of sp³-hybridized carbons (Fsp3) is 0.250. The maximum atomic E-state index is 5.47. The standard InChI is InChI=1S/C8H10BrN/c1-6-2-3-7(5-10)8(9)4-6/h2-4H,5,10H2,1H3. The van der Waals surface area contributed by atoms with E-state index in [0.717, 1.165) is 10.0 Å². The van der Waals surface area contributed by atoms with Crippen LogP contribution in [0.25, 0.3) is 0 Å². The van der Waals surface area contributed by atoms with E-state index in [2.05, 4.69) is 35.0 Å². The van der Waals surface area contributed by atoms with Gasteiger partial charge in [-0.3, -0.25) is 0 Å². The Balaban J connectivity index is 3.07. The van der Waals surface area contributed by atoms with Crippen molar-refractivity contribution >= 4 is 15.9 Å². The zero-order valence-electron chi connectivity index (χ0n) is 5.89. The highest BCUT2D eigenvalue weighted by molar-refractivity contribution is 9.10. The topological polar surface area (TPSA) is 26.0 Å². The van der Waals surface area contributed by atoms with E-state index in [4.69, 9.17) is 5.73 Å². The molecule has 0 atom stereocenters. The van der Waals surface area contributed by atoms with E-state index in [-0.39, 0.29) is 0 Å². The van der Waals surface area contributed by atoms with Crippen molar-refractivity contribution in [3.63, 3.8) is 0 Å². The molecule has 0 aliphatic heterocycles. The van der Waals surface area contributed by atoms with Crippen LogP contribution in [0.2, 0.25) is 0 Å². The molecule has 1 aromatic rings. The molecule has 0 bridgehead atoms. The molecule has 1 rings (SSSR count). The Hall–Kier alpha value is -0.340. The number of halogens is 1. The molecule has 0 heterocycles. The van der Waals surface area contributed by atoms with Gasteiger partial charge in [-0.15, -0.1) is 0 Å². The second kappa shape index (κ2) is 3.17. The highest BCUT2D eigenvalue weighted by atomic mass is 79.9. The van der Waals surface area contributed by atoms with Gasteiger partial charge in [-0.1, -0.05) is 28.1 Å². The molecule has 0 aromatic heterocycles. The number of hydrogen-bond donors (Lipinski definition) is 1. The number of aryl methyl sites for hydroxylation is 1. The molecule has 0 unspecified atom stereocenters. The van der Waals surface area contributed by atoms with Crippen LogP contribution in [0, 0.1) is 6.92 Å². The summed E-state index contributed by atoms with van der Waals surface area (Å²) in [5, 5.41) is 0. The molecule has 1 aromatic carbocycles. The van der Waals surface area contributed by atoms with Crippen molar-refractivity contribution in [2.24, 2.45) is 5.73 Å². The predicted molar refractivity (Wildman–Crippen MR) is 46.8 cm³/mol. The molecule has 2 heteroatoms. The minimum Gasteiger partial charge on any atom is -0.326 e. The lowest BCUT2D eigenvalue weighted by Crippen LogP contribution is -1.96. The van der Waals surface area contributed by atoms with E-state index in [9.17, 15) is 0 Å². The van der Waals surface area contributed by atoms with Crippen LogP contribution < -0.4 is 5.73 Å². The summed E-state index contributed by atoms with van der Waals surface area (Å²) in [5.41, 5.74) is 7.88. The lowest BCUT2D eigenvalue weighted by molar-refractivity contribution is 1.06. The summed E-state index contributed by atoms with van der Waals surface area (Å²) in [6.45, 7) is 2.66. The summed E-state index contributed by atoms with van der Waals surface area (Å²) >= 11 is 3.43. The normalized spacial score (nSPS) is 9.90. The van der Waals surface area contributed by atoms with Crippen LogP contribution in [0.4, 0.5) is 0 Å². The minimum absolute atomic E-state index is 0.598. The van der Waals surface area contributed by atoms with Gasteiger partial charge in [0.25, 0.3) is 0 Å². The van der Waals surface area contributed by atoms with Crippen LogP contribution >= 0.6 is 15.9 Å². The Morgan fingerprint density at radius 2 is 2.20 bits per heavy atom. The molecular weight excluding hydrogens is 190 g/mol. The third-order valence-corrected chi connectivity index (χ3v) is 2.17. The van der Waals surface area contributed by atoms with Gasteiger partial charge in [0.05, 0.1) is 0 Å². The molecule has 54 valence electrons. The van der Waals surface area contributed by atoms with Crippen LogP contribution in [0.1, 0.15) is 11.1 Å². The predicted octanol–water partition coefficient (Wildman–Crippen LogP) is 2.22. The van der Waals surface area contributed by atoms with Crippen molar-refractivity contribution in [1.82, 2.24) is 0 Å². The SMILES string of the molecule is Cc1ccc(CN)c(Br)c1. The lowest BCUT2D eigenvalue weighted by atomic mass is 10.1. The van der Waals surface area contributed by atoms with Crippen LogP contribution in [-0.4, -0.2) is 0 Å². The van der Waals surface area contributed by atoms with Crippen molar-refractivity contribution < 1.29 is 0 Å². The second-order valence-electron chi connectivity index (χ2n) is 2.30. The highest BCUT2D eigenvalue weighted by Gasteiger charge is 1.95. The molecule has 0 saturated heterocycles. The monoisotopic (exact) mass is 199 g/mol. The summed E-state index contributed by atoms with van der Waals surface area (Å²) in [4.78, 5) is 0. The first-order valence-corrected chi connectivity index (χ1v) is 3.98. The summed E-state index contributed by atoms with van der Waals surface area (Å²) in [6, 6.07) is 6.18. The van der Waals surface area contributed by atoms with Gasteiger partial charge in [-0.05, 0) is 24.1 Å². The highest BCUT2D eigenvalue weighted by Crippen LogP contribution is 2.17. The van der Waals surface area contributed by atoms with Gasteiger partial charge in [0.2, 0.25) is 0 Å². The molecule has 10 heavy (non-hydrogen) atoms. The molecule has 0 aliphatic rings. The Morgan fingerprint density at radius 3 is 2.70 bits per heavy atom. The van der Waals surface area contributed by atoms with E-state index >= 15 is 0 Å². The fourth-order valence-electron chi connectivity index (χ4n) is 0.818. The molecule has 2 N–H and O–H groups in total. The van der Waals surface area contributed by atoms with Crippen molar-refractivity contribution in [2.45, 2.75) is 13.5 Å². The Kier molecular flexibility index (Phi) is 2.46. The average Bonchev–Trinajstić information content (AvgIpc) is 1.88. The van der Waals surface area contributed by atoms with Crippen molar-refractivity contribution in [3.8, 4) is 0 Å². The summed E-state index contributed by atoms with van der Waals surface area (Å²) in [6.07, 6.45) is 0. The van der Waals surface area contributed by atoms with Crippen LogP contribution in [0.15, 0.2) is 22.7 Å². The number of hydrogen-bond acceptors (Lipinski definition) is 1. The molecule has 0 radical (unpaired) electrons. The number of nitrogens with two attached hydrogens (primary N) is 1. The van der Waals surface area contributed by atoms with Crippen LogP contribution in [-0.2, 0) is 6.54 Å². The quantitative estimate of drug-likeness (QED) is 0.738. The Labute approximate surface area is 69.4 Å². The third kappa shape index (κ3) is 1.58. The molecule has 0 amide bonds. The van der Waals surface area contributed by atoms with Gasteiger partial charge >= 0.3 is 0 Å². The zero-order valence-corrected chi connectivity index (χ0v) is 7.48. The first kappa shape index (κ1) is 7.76. The Bertz CT molecular complexity index is 233. The first-order valence-electron chi connectivity index (χ1n) is 3.19. The maximum Gasteiger partial charge on any atom is 0.0222 e. The first-order chi connectivity index (χ1) is 4.74. The van der Waals surface area contributed by atoms with E-state index in [1.807, 2.05) is 6.07 Å². The third-order valence-electron chi connectivity index (χ3n) is 1.43. The van der Waals surface area contributed by atoms with Gasteiger partial charge in [-0.2, -0.15) is 0 Å². The van der Waals surface area contributed by atoms with E-state index in [1.54, 1.807) is 0 Å². The number of benzene rings is 1. The summed E-state index contributed by atoms with van der Waals surface area (Å²) < 4.78 is 1.11. The minimum atomic E-state index is 0.598. The summed E-state index contributed by atoms with van der Waals surface area (Å²) in [7, 11) is 0. The maximum absolute atomic E-state index is 5.47. The van der Waals surface area contributed by atoms with Gasteiger partial charge < -0.3 is 5.73 Å².